The summed E-state index contributed by atoms with van der Waals surface area (Å²) in [6, 6.07) is 17.0. The van der Waals surface area contributed by atoms with E-state index in [1.807, 2.05) is 0 Å². The highest BCUT2D eigenvalue weighted by Gasteiger charge is 2.38. The van der Waals surface area contributed by atoms with Crippen molar-refractivity contribution in [1.29, 1.82) is 0 Å². The van der Waals surface area contributed by atoms with Crippen LogP contribution in [0, 0.1) is 24.7 Å². The molecule has 5 rings (SSSR count). The monoisotopic (exact) mass is 532 g/mol. The van der Waals surface area contributed by atoms with Gasteiger partial charge in [-0.05, 0) is 90.1 Å². The molecule has 0 aliphatic carbocycles. The molecule has 0 saturated heterocycles. The minimum atomic E-state index is -0.621. The molecule has 8 bridgehead atoms. The molecule has 0 amide bonds. The molecule has 1 aliphatic heterocycles. The summed E-state index contributed by atoms with van der Waals surface area (Å²) >= 11 is 9.53. The summed E-state index contributed by atoms with van der Waals surface area (Å²) in [7, 11) is 0. The van der Waals surface area contributed by atoms with Gasteiger partial charge in [0.1, 0.15) is 10.8 Å². The molecule has 4 N–H and O–H groups in total. The van der Waals surface area contributed by atoms with Gasteiger partial charge in [-0.25, -0.2) is 0 Å². The van der Waals surface area contributed by atoms with Gasteiger partial charge in [0, 0.05) is 56.4 Å². The second-order valence-corrected chi connectivity index (χ2v) is 11.8. The Bertz CT molecular complexity index is 1290. The quantitative estimate of drug-likeness (QED) is 0.136. The smallest absolute Gasteiger partial charge is 0.108 e. The minimum Gasteiger partial charge on any atom is -0.360 e. The fourth-order valence-electron chi connectivity index (χ4n) is 5.10. The SMILES string of the molecule is C#CC1(C)c2ccc([nH]2)C(C)(C)c2ccc([nH]2)C(C)(C#C)c2ccc([nH]2)C(C)(C)c2ccc1[nH]2.ClCCl. The maximum atomic E-state index is 6.15. The van der Waals surface area contributed by atoms with Gasteiger partial charge < -0.3 is 19.9 Å². The topological polar surface area (TPSA) is 63.2 Å². The van der Waals surface area contributed by atoms with E-state index in [9.17, 15) is 0 Å². The second-order valence-electron chi connectivity index (χ2n) is 11.0. The van der Waals surface area contributed by atoms with Gasteiger partial charge in [0.05, 0.1) is 5.34 Å². The van der Waals surface area contributed by atoms with Crippen molar-refractivity contribution >= 4 is 23.2 Å². The number of fused-ring (bicyclic) bond motifs is 8. The molecule has 0 fully saturated rings. The summed E-state index contributed by atoms with van der Waals surface area (Å²) in [4.78, 5) is 14.6. The minimum absolute atomic E-state index is 0.194. The number of nitrogens with one attached hydrogen (secondary N) is 4. The lowest BCUT2D eigenvalue weighted by Crippen LogP contribution is -2.27. The van der Waals surface area contributed by atoms with Crippen molar-refractivity contribution in [3.05, 3.63) is 94.1 Å². The maximum absolute atomic E-state index is 6.15. The normalized spacial score (nSPS) is 23.3. The Morgan fingerprint density at radius 1 is 0.514 bits per heavy atom. The van der Waals surface area contributed by atoms with Crippen LogP contribution in [0.2, 0.25) is 0 Å². The van der Waals surface area contributed by atoms with E-state index >= 15 is 0 Å². The molecule has 4 aromatic rings. The van der Waals surface area contributed by atoms with Crippen LogP contribution in [0.25, 0.3) is 0 Å². The third kappa shape index (κ3) is 4.14. The first-order chi connectivity index (χ1) is 17.4. The molecule has 4 aromatic heterocycles. The highest BCUT2D eigenvalue weighted by Crippen LogP contribution is 2.40. The fourth-order valence-corrected chi connectivity index (χ4v) is 5.10. The molecule has 192 valence electrons. The molecule has 0 unspecified atom stereocenters. The number of hydrogen-bond donors (Lipinski definition) is 4. The second kappa shape index (κ2) is 9.29. The van der Waals surface area contributed by atoms with Gasteiger partial charge >= 0.3 is 0 Å². The summed E-state index contributed by atoms with van der Waals surface area (Å²) in [5, 5.41) is 0.194. The van der Waals surface area contributed by atoms with E-state index in [4.69, 9.17) is 36.0 Å². The van der Waals surface area contributed by atoms with Gasteiger partial charge in [-0.15, -0.1) is 36.0 Å². The van der Waals surface area contributed by atoms with Crippen LogP contribution in [0.1, 0.15) is 87.1 Å². The molecule has 0 atom stereocenters. The number of aromatic nitrogens is 4. The molecular formula is C31H34Cl2N4. The van der Waals surface area contributed by atoms with Crippen molar-refractivity contribution < 1.29 is 0 Å². The zero-order valence-electron chi connectivity index (χ0n) is 22.2. The van der Waals surface area contributed by atoms with E-state index in [2.05, 4.69) is 122 Å². The van der Waals surface area contributed by atoms with E-state index in [0.29, 0.717) is 0 Å². The van der Waals surface area contributed by atoms with Crippen LogP contribution in [0.3, 0.4) is 0 Å². The molecular weight excluding hydrogens is 499 g/mol. The van der Waals surface area contributed by atoms with Gasteiger partial charge in [0.15, 0.2) is 0 Å². The molecule has 0 spiro atoms. The number of aromatic amines is 4. The van der Waals surface area contributed by atoms with Crippen LogP contribution in [-0.2, 0) is 21.7 Å². The van der Waals surface area contributed by atoms with Crippen LogP contribution in [0.4, 0.5) is 0 Å². The average Bonchev–Trinajstić information content (AvgIpc) is 3.68. The van der Waals surface area contributed by atoms with E-state index in [0.717, 1.165) is 45.6 Å². The Morgan fingerprint density at radius 2 is 0.703 bits per heavy atom. The largest absolute Gasteiger partial charge is 0.360 e. The Balaban J connectivity index is 0.00000102. The lowest BCUT2D eigenvalue weighted by molar-refractivity contribution is 0.574. The number of rotatable bonds is 0. The third-order valence-electron chi connectivity index (χ3n) is 8.17. The maximum Gasteiger partial charge on any atom is 0.108 e. The summed E-state index contributed by atoms with van der Waals surface area (Å²) in [5.74, 6) is 6.09. The average molecular weight is 534 g/mol. The lowest BCUT2D eigenvalue weighted by Gasteiger charge is -2.27. The van der Waals surface area contributed by atoms with Gasteiger partial charge in [-0.1, -0.05) is 11.8 Å². The lowest BCUT2D eigenvalue weighted by atomic mass is 9.84. The van der Waals surface area contributed by atoms with Crippen molar-refractivity contribution in [3.8, 4) is 24.7 Å². The third-order valence-corrected chi connectivity index (χ3v) is 8.17. The standard InChI is InChI=1S/C30H32N4.CH2Cl2/c1-9-29(7)23-15-11-19(31-23)27(3,4)21-13-17-25(33-21)30(8,10-2)26-18-14-22(34-26)28(5,6)20-12-16-24(29)32-20;2-1-3/h1-2,11-18,31-34H,3-8H3;1H2. The molecule has 0 aromatic carbocycles. The van der Waals surface area contributed by atoms with E-state index < -0.39 is 10.8 Å². The predicted molar refractivity (Wildman–Crippen MR) is 155 cm³/mol. The van der Waals surface area contributed by atoms with E-state index in [1.165, 1.54) is 0 Å². The van der Waals surface area contributed by atoms with Gasteiger partial charge in [0.25, 0.3) is 0 Å². The Hall–Kier alpha value is -3.18. The number of halogens is 2. The summed E-state index contributed by atoms with van der Waals surface area (Å²) in [6.45, 7) is 13.0. The molecule has 5 heterocycles. The summed E-state index contributed by atoms with van der Waals surface area (Å²) < 4.78 is 0. The van der Waals surface area contributed by atoms with Gasteiger partial charge in [-0.2, -0.15) is 0 Å². The van der Waals surface area contributed by atoms with Crippen LogP contribution >= 0.6 is 23.2 Å². The van der Waals surface area contributed by atoms with E-state index in [-0.39, 0.29) is 16.2 Å². The first-order valence-electron chi connectivity index (χ1n) is 12.3. The molecule has 6 heteroatoms. The van der Waals surface area contributed by atoms with Crippen molar-refractivity contribution in [3.63, 3.8) is 0 Å². The Labute approximate surface area is 230 Å². The van der Waals surface area contributed by atoms with Crippen molar-refractivity contribution in [2.45, 2.75) is 63.2 Å². The van der Waals surface area contributed by atoms with Crippen molar-refractivity contribution in [1.82, 2.24) is 19.9 Å². The predicted octanol–water partition coefficient (Wildman–Crippen LogP) is 7.26. The molecule has 37 heavy (non-hydrogen) atoms. The summed E-state index contributed by atoms with van der Waals surface area (Å²) in [5.41, 5.74) is 6.43. The molecule has 0 saturated carbocycles. The van der Waals surface area contributed by atoms with Gasteiger partial charge in [-0.3, -0.25) is 0 Å². The van der Waals surface area contributed by atoms with Crippen LogP contribution in [-0.4, -0.2) is 25.3 Å². The zero-order valence-corrected chi connectivity index (χ0v) is 23.7. The Kier molecular flexibility index (Phi) is 6.74. The molecule has 4 nitrogen and oxygen atoms in total. The number of terminal acetylenes is 2. The van der Waals surface area contributed by atoms with Crippen molar-refractivity contribution in [2.24, 2.45) is 0 Å². The number of H-pyrrole nitrogens is 4. The highest BCUT2D eigenvalue weighted by atomic mass is 35.5. The first-order valence-corrected chi connectivity index (χ1v) is 13.3. The number of alkyl halides is 2. The van der Waals surface area contributed by atoms with Crippen LogP contribution < -0.4 is 0 Å². The summed E-state index contributed by atoms with van der Waals surface area (Å²) in [6.07, 6.45) is 12.3. The Morgan fingerprint density at radius 3 is 0.892 bits per heavy atom. The first kappa shape index (κ1) is 26.9. The van der Waals surface area contributed by atoms with Gasteiger partial charge in [0.2, 0.25) is 0 Å². The van der Waals surface area contributed by atoms with Crippen molar-refractivity contribution in [2.75, 3.05) is 5.34 Å². The molecule has 1 aliphatic rings. The van der Waals surface area contributed by atoms with Crippen LogP contribution in [0.5, 0.6) is 0 Å². The molecule has 0 radical (unpaired) electrons. The fraction of sp³-hybridized carbons (Fsp3) is 0.355. The number of hydrogen-bond acceptors (Lipinski definition) is 0. The van der Waals surface area contributed by atoms with Crippen LogP contribution in [0.15, 0.2) is 48.5 Å². The highest BCUT2D eigenvalue weighted by molar-refractivity contribution is 6.40. The van der Waals surface area contributed by atoms with E-state index in [1.54, 1.807) is 0 Å². The zero-order chi connectivity index (χ0) is 27.2.